The summed E-state index contributed by atoms with van der Waals surface area (Å²) in [4.78, 5) is 39.0. The van der Waals surface area contributed by atoms with Crippen molar-refractivity contribution in [1.82, 2.24) is 19.9 Å². The number of carbonyl (C=O) groups excluding carboxylic acids is 2. The Morgan fingerprint density at radius 1 is 1.37 bits per heavy atom. The van der Waals surface area contributed by atoms with Gasteiger partial charge in [-0.05, 0) is 30.9 Å². The minimum Gasteiger partial charge on any atom is -0.345 e. The molecule has 1 aliphatic rings. The van der Waals surface area contributed by atoms with Gasteiger partial charge in [-0.15, -0.1) is 11.3 Å². The second kappa shape index (κ2) is 6.88. The van der Waals surface area contributed by atoms with Gasteiger partial charge in [0.15, 0.2) is 5.65 Å². The molecule has 4 rings (SSSR count). The topological polar surface area (TPSA) is 79.0 Å². The van der Waals surface area contributed by atoms with E-state index in [1.165, 1.54) is 11.3 Å². The maximum atomic E-state index is 12.6. The molecule has 0 aromatic carbocycles. The fourth-order valence-corrected chi connectivity index (χ4v) is 4.25. The molecule has 27 heavy (non-hydrogen) atoms. The number of likely N-dealkylation sites (tertiary alicyclic amines) is 1. The van der Waals surface area contributed by atoms with Crippen LogP contribution in [0.3, 0.4) is 0 Å². The Morgan fingerprint density at radius 2 is 2.15 bits per heavy atom. The van der Waals surface area contributed by atoms with E-state index in [2.05, 4.69) is 9.97 Å². The Balaban J connectivity index is 1.64. The Morgan fingerprint density at radius 3 is 2.89 bits per heavy atom. The highest BCUT2D eigenvalue weighted by Gasteiger charge is 2.22. The maximum Gasteiger partial charge on any atom is 0.254 e. The number of amides is 1. The van der Waals surface area contributed by atoms with Crippen LogP contribution >= 0.6 is 11.3 Å². The molecule has 0 unspecified atom stereocenters. The number of aldehydes is 1. The number of thiophene rings is 1. The monoisotopic (exact) mass is 382 g/mol. The zero-order valence-corrected chi connectivity index (χ0v) is 16.3. The molecule has 1 fully saturated rings. The lowest BCUT2D eigenvalue weighted by molar-refractivity contribution is -0.114. The number of fused-ring (bicyclic) bond motifs is 1. The van der Waals surface area contributed by atoms with Gasteiger partial charge in [0, 0.05) is 30.1 Å². The van der Waals surface area contributed by atoms with E-state index in [9.17, 15) is 9.59 Å². The molecule has 4 heterocycles. The van der Waals surface area contributed by atoms with Gasteiger partial charge in [-0.3, -0.25) is 4.79 Å². The largest absolute Gasteiger partial charge is 0.345 e. The second-order valence-corrected chi connectivity index (χ2v) is 8.66. The SMILES string of the molecule is CC(C)(C=O)Cc1c[nH]c2ncc(-c3cc(C(=O)N4CCCC4)cs3)nc12. The lowest BCUT2D eigenvalue weighted by atomic mass is 9.88. The number of H-pyrrole nitrogens is 1. The molecule has 1 saturated heterocycles. The van der Waals surface area contributed by atoms with Crippen LogP contribution < -0.4 is 0 Å². The summed E-state index contributed by atoms with van der Waals surface area (Å²) in [6, 6.07) is 1.91. The first-order valence-electron chi connectivity index (χ1n) is 9.14. The lowest BCUT2D eigenvalue weighted by Gasteiger charge is -2.15. The number of nitrogens with one attached hydrogen (secondary N) is 1. The third-order valence-corrected chi connectivity index (χ3v) is 5.87. The summed E-state index contributed by atoms with van der Waals surface area (Å²) >= 11 is 1.51. The van der Waals surface area contributed by atoms with Crippen LogP contribution in [0, 0.1) is 5.41 Å². The van der Waals surface area contributed by atoms with Gasteiger partial charge in [-0.2, -0.15) is 0 Å². The van der Waals surface area contributed by atoms with Gasteiger partial charge in [0.05, 0.1) is 22.3 Å². The Labute approximate surface area is 161 Å². The van der Waals surface area contributed by atoms with E-state index in [0.717, 1.165) is 59.4 Å². The van der Waals surface area contributed by atoms with Crippen molar-refractivity contribution in [3.63, 3.8) is 0 Å². The van der Waals surface area contributed by atoms with E-state index in [0.29, 0.717) is 12.1 Å². The number of rotatable bonds is 5. The van der Waals surface area contributed by atoms with Crippen molar-refractivity contribution in [2.45, 2.75) is 33.1 Å². The van der Waals surface area contributed by atoms with Crippen LogP contribution in [0.25, 0.3) is 21.7 Å². The highest BCUT2D eigenvalue weighted by atomic mass is 32.1. The van der Waals surface area contributed by atoms with Crippen molar-refractivity contribution < 1.29 is 9.59 Å². The second-order valence-electron chi connectivity index (χ2n) is 7.75. The fourth-order valence-electron chi connectivity index (χ4n) is 3.41. The van der Waals surface area contributed by atoms with E-state index >= 15 is 0 Å². The predicted molar refractivity (Wildman–Crippen MR) is 106 cm³/mol. The Kier molecular flexibility index (Phi) is 4.55. The minimum atomic E-state index is -0.453. The van der Waals surface area contributed by atoms with E-state index < -0.39 is 5.41 Å². The number of carbonyl (C=O) groups is 2. The van der Waals surface area contributed by atoms with Crippen molar-refractivity contribution >= 4 is 34.7 Å². The number of nitrogens with zero attached hydrogens (tertiary/aromatic N) is 3. The van der Waals surface area contributed by atoms with Crippen molar-refractivity contribution in [3.05, 3.63) is 35.0 Å². The summed E-state index contributed by atoms with van der Waals surface area (Å²) in [6.45, 7) is 5.50. The summed E-state index contributed by atoms with van der Waals surface area (Å²) in [6.07, 6.45) is 7.33. The smallest absolute Gasteiger partial charge is 0.254 e. The number of aromatic amines is 1. The standard InChI is InChI=1S/C20H22N4O2S/c1-20(2,12-25)8-14-9-21-18-17(14)23-15(10-22-18)16-7-13(11-27-16)19(26)24-5-3-4-6-24/h7,9-12H,3-6,8H2,1-2H3,(H,21,22). The average Bonchev–Trinajstić information content (AvgIpc) is 3.42. The first-order chi connectivity index (χ1) is 13.0. The molecule has 6 nitrogen and oxygen atoms in total. The summed E-state index contributed by atoms with van der Waals surface area (Å²) in [7, 11) is 0. The molecule has 1 amide bonds. The van der Waals surface area contributed by atoms with Crippen molar-refractivity contribution in [3.8, 4) is 10.6 Å². The zero-order valence-electron chi connectivity index (χ0n) is 15.5. The van der Waals surface area contributed by atoms with Crippen LogP contribution in [0.5, 0.6) is 0 Å². The molecule has 7 heteroatoms. The minimum absolute atomic E-state index is 0.0964. The normalized spacial score (nSPS) is 14.8. The van der Waals surface area contributed by atoms with E-state index in [-0.39, 0.29) is 5.91 Å². The molecule has 0 radical (unpaired) electrons. The highest BCUT2D eigenvalue weighted by molar-refractivity contribution is 7.13. The van der Waals surface area contributed by atoms with Gasteiger partial charge in [-0.1, -0.05) is 13.8 Å². The summed E-state index contributed by atoms with van der Waals surface area (Å²) < 4.78 is 0. The van der Waals surface area contributed by atoms with Crippen molar-refractivity contribution in [1.29, 1.82) is 0 Å². The predicted octanol–water partition coefficient (Wildman–Crippen LogP) is 3.69. The Hall–Kier alpha value is -2.54. The van der Waals surface area contributed by atoms with Crippen LogP contribution in [0.4, 0.5) is 0 Å². The van der Waals surface area contributed by atoms with Crippen LogP contribution in [0.15, 0.2) is 23.8 Å². The average molecular weight is 382 g/mol. The van der Waals surface area contributed by atoms with Crippen LogP contribution in [-0.2, 0) is 11.2 Å². The van der Waals surface area contributed by atoms with Gasteiger partial charge < -0.3 is 14.7 Å². The van der Waals surface area contributed by atoms with Crippen molar-refractivity contribution in [2.75, 3.05) is 13.1 Å². The molecule has 3 aromatic heterocycles. The van der Waals surface area contributed by atoms with Gasteiger partial charge in [0.1, 0.15) is 11.8 Å². The van der Waals surface area contributed by atoms with Crippen molar-refractivity contribution in [2.24, 2.45) is 5.41 Å². The van der Waals surface area contributed by atoms with Crippen LogP contribution in [0.2, 0.25) is 0 Å². The van der Waals surface area contributed by atoms with Gasteiger partial charge >= 0.3 is 0 Å². The van der Waals surface area contributed by atoms with Crippen LogP contribution in [-0.4, -0.2) is 45.1 Å². The van der Waals surface area contributed by atoms with Gasteiger partial charge in [0.2, 0.25) is 0 Å². The molecular weight excluding hydrogens is 360 g/mol. The molecule has 0 bridgehead atoms. The molecule has 0 spiro atoms. The molecular formula is C20H22N4O2S. The third-order valence-electron chi connectivity index (χ3n) is 4.92. The van der Waals surface area contributed by atoms with Gasteiger partial charge in [-0.25, -0.2) is 9.97 Å². The van der Waals surface area contributed by atoms with Gasteiger partial charge in [0.25, 0.3) is 5.91 Å². The molecule has 0 aliphatic carbocycles. The maximum absolute atomic E-state index is 12.6. The van der Waals surface area contributed by atoms with Crippen LogP contribution in [0.1, 0.15) is 42.6 Å². The lowest BCUT2D eigenvalue weighted by Crippen LogP contribution is -2.27. The molecule has 1 aliphatic heterocycles. The summed E-state index contributed by atoms with van der Waals surface area (Å²) in [5, 5.41) is 1.90. The number of hydrogen-bond donors (Lipinski definition) is 1. The van der Waals surface area contributed by atoms with E-state index in [1.54, 1.807) is 6.20 Å². The number of aromatic nitrogens is 3. The van der Waals surface area contributed by atoms with E-state index in [4.69, 9.17) is 4.98 Å². The zero-order chi connectivity index (χ0) is 19.0. The summed E-state index contributed by atoms with van der Waals surface area (Å²) in [5.41, 5.74) is 3.48. The highest BCUT2D eigenvalue weighted by Crippen LogP contribution is 2.30. The molecule has 0 atom stereocenters. The molecule has 1 N–H and O–H groups in total. The molecule has 140 valence electrons. The number of hydrogen-bond acceptors (Lipinski definition) is 5. The molecule has 3 aromatic rings. The first kappa shape index (κ1) is 17.9. The Bertz CT molecular complexity index is 999. The van der Waals surface area contributed by atoms with E-state index in [1.807, 2.05) is 36.4 Å². The third kappa shape index (κ3) is 3.51. The molecule has 0 saturated carbocycles. The quantitative estimate of drug-likeness (QED) is 0.683. The fraction of sp³-hybridized carbons (Fsp3) is 0.400. The summed E-state index contributed by atoms with van der Waals surface area (Å²) in [5.74, 6) is 0.0964. The first-order valence-corrected chi connectivity index (χ1v) is 10.0.